The number of unbranched alkanes of at least 4 members (excludes halogenated alkanes) is 1. The number of halogens is 1. The van der Waals surface area contributed by atoms with Gasteiger partial charge in [0.25, 0.3) is 0 Å². The molecule has 0 heterocycles. The van der Waals surface area contributed by atoms with Crippen molar-refractivity contribution < 1.29 is 14.0 Å². The van der Waals surface area contributed by atoms with Gasteiger partial charge in [-0.1, -0.05) is 18.2 Å². The van der Waals surface area contributed by atoms with Crippen LogP contribution in [-0.2, 0) is 16.0 Å². The Bertz CT molecular complexity index is 449. The summed E-state index contributed by atoms with van der Waals surface area (Å²) >= 11 is 0. The lowest BCUT2D eigenvalue weighted by Gasteiger charge is -2.06. The highest BCUT2D eigenvalue weighted by molar-refractivity contribution is 5.76. The summed E-state index contributed by atoms with van der Waals surface area (Å²) in [4.78, 5) is 22.2. The van der Waals surface area contributed by atoms with Gasteiger partial charge in [-0.05, 0) is 30.9 Å². The molecule has 0 spiro atoms. The molecule has 0 bridgehead atoms. The maximum Gasteiger partial charge on any atom is 0.220 e. The van der Waals surface area contributed by atoms with E-state index in [9.17, 15) is 14.0 Å². The number of carbonyl (C=O) groups excluding carboxylic acids is 2. The van der Waals surface area contributed by atoms with Crippen LogP contribution < -0.4 is 10.6 Å². The Labute approximate surface area is 118 Å². The molecule has 5 heteroatoms. The molecular weight excluding hydrogens is 259 g/mol. The van der Waals surface area contributed by atoms with Crippen molar-refractivity contribution in [3.8, 4) is 0 Å². The Morgan fingerprint density at radius 2 is 1.75 bits per heavy atom. The number of carbonyl (C=O) groups is 2. The summed E-state index contributed by atoms with van der Waals surface area (Å²) < 4.78 is 13.3. The second-order valence-electron chi connectivity index (χ2n) is 4.63. The Morgan fingerprint density at radius 3 is 2.40 bits per heavy atom. The predicted octanol–water partition coefficient (Wildman–Crippen LogP) is 1.79. The van der Waals surface area contributed by atoms with Crippen molar-refractivity contribution in [2.75, 3.05) is 13.1 Å². The average molecular weight is 280 g/mol. The normalized spacial score (nSPS) is 10.1. The highest BCUT2D eigenvalue weighted by atomic mass is 19.1. The van der Waals surface area contributed by atoms with E-state index in [1.165, 1.54) is 13.0 Å². The number of amides is 2. The molecule has 1 aromatic rings. The second kappa shape index (κ2) is 9.07. The van der Waals surface area contributed by atoms with Gasteiger partial charge in [-0.3, -0.25) is 9.59 Å². The Kier molecular flexibility index (Phi) is 7.32. The van der Waals surface area contributed by atoms with Gasteiger partial charge >= 0.3 is 0 Å². The fraction of sp³-hybridized carbons (Fsp3) is 0.467. The Hall–Kier alpha value is -1.91. The summed E-state index contributed by atoms with van der Waals surface area (Å²) in [7, 11) is 0. The lowest BCUT2D eigenvalue weighted by molar-refractivity contribution is -0.121. The fourth-order valence-corrected chi connectivity index (χ4v) is 1.78. The number of hydrogen-bond donors (Lipinski definition) is 2. The number of benzene rings is 1. The minimum atomic E-state index is -0.268. The maximum atomic E-state index is 13.3. The van der Waals surface area contributed by atoms with Crippen molar-refractivity contribution >= 4 is 11.8 Å². The van der Waals surface area contributed by atoms with E-state index in [4.69, 9.17) is 0 Å². The molecule has 0 fully saturated rings. The number of nitrogens with one attached hydrogen (secondary N) is 2. The highest BCUT2D eigenvalue weighted by Crippen LogP contribution is 2.08. The number of rotatable bonds is 8. The zero-order chi connectivity index (χ0) is 14.8. The van der Waals surface area contributed by atoms with Crippen molar-refractivity contribution in [2.24, 2.45) is 0 Å². The summed E-state index contributed by atoms with van der Waals surface area (Å²) in [6.07, 6.45) is 2.33. The molecule has 2 N–H and O–H groups in total. The summed E-state index contributed by atoms with van der Waals surface area (Å²) in [5.74, 6) is -0.387. The van der Waals surface area contributed by atoms with Crippen molar-refractivity contribution in [3.63, 3.8) is 0 Å². The van der Waals surface area contributed by atoms with E-state index >= 15 is 0 Å². The molecule has 0 aliphatic carbocycles. The van der Waals surface area contributed by atoms with Crippen LogP contribution in [0.25, 0.3) is 0 Å². The van der Waals surface area contributed by atoms with Crippen LogP contribution in [0.2, 0.25) is 0 Å². The van der Waals surface area contributed by atoms with Crippen LogP contribution in [0.15, 0.2) is 24.3 Å². The molecule has 1 rings (SSSR count). The van der Waals surface area contributed by atoms with E-state index in [2.05, 4.69) is 10.6 Å². The molecule has 0 aromatic heterocycles. The SMILES string of the molecule is CC(=O)NCCCCNC(=O)CCc1ccccc1F. The summed E-state index contributed by atoms with van der Waals surface area (Å²) in [6, 6.07) is 6.48. The lowest BCUT2D eigenvalue weighted by Crippen LogP contribution is -2.26. The van der Waals surface area contributed by atoms with Crippen LogP contribution in [0, 0.1) is 5.82 Å². The molecule has 0 aliphatic heterocycles. The molecule has 0 unspecified atom stereocenters. The minimum Gasteiger partial charge on any atom is -0.356 e. The quantitative estimate of drug-likeness (QED) is 0.713. The molecule has 2 amide bonds. The van der Waals surface area contributed by atoms with Crippen LogP contribution in [0.3, 0.4) is 0 Å². The predicted molar refractivity (Wildman–Crippen MR) is 75.6 cm³/mol. The summed E-state index contributed by atoms with van der Waals surface area (Å²) in [6.45, 7) is 2.68. The largest absolute Gasteiger partial charge is 0.356 e. The van der Waals surface area contributed by atoms with Gasteiger partial charge in [-0.2, -0.15) is 0 Å². The standard InChI is InChI=1S/C15H21FN2O2/c1-12(19)17-10-4-5-11-18-15(20)9-8-13-6-2-3-7-14(13)16/h2-3,6-7H,4-5,8-11H2,1H3,(H,17,19)(H,18,20). The smallest absolute Gasteiger partial charge is 0.220 e. The van der Waals surface area contributed by atoms with E-state index in [-0.39, 0.29) is 24.1 Å². The van der Waals surface area contributed by atoms with Crippen LogP contribution in [-0.4, -0.2) is 24.9 Å². The van der Waals surface area contributed by atoms with Gasteiger partial charge in [0.05, 0.1) is 0 Å². The topological polar surface area (TPSA) is 58.2 Å². The van der Waals surface area contributed by atoms with E-state index in [1.807, 2.05) is 0 Å². The fourth-order valence-electron chi connectivity index (χ4n) is 1.78. The van der Waals surface area contributed by atoms with Crippen LogP contribution >= 0.6 is 0 Å². The van der Waals surface area contributed by atoms with Crippen molar-refractivity contribution in [3.05, 3.63) is 35.6 Å². The van der Waals surface area contributed by atoms with Gasteiger partial charge in [0, 0.05) is 26.4 Å². The van der Waals surface area contributed by atoms with Gasteiger partial charge in [-0.25, -0.2) is 4.39 Å². The first-order valence-electron chi connectivity index (χ1n) is 6.84. The first-order valence-corrected chi connectivity index (χ1v) is 6.84. The molecule has 0 atom stereocenters. The van der Waals surface area contributed by atoms with Gasteiger partial charge in [0.2, 0.25) is 11.8 Å². The van der Waals surface area contributed by atoms with Crippen molar-refractivity contribution in [1.82, 2.24) is 10.6 Å². The first kappa shape index (κ1) is 16.1. The zero-order valence-electron chi connectivity index (χ0n) is 11.7. The van der Waals surface area contributed by atoms with Crippen molar-refractivity contribution in [1.29, 1.82) is 0 Å². The Morgan fingerprint density at radius 1 is 1.10 bits per heavy atom. The number of aryl methyl sites for hydroxylation is 1. The van der Waals surface area contributed by atoms with E-state index < -0.39 is 0 Å². The Balaban J connectivity index is 2.09. The average Bonchev–Trinajstić information content (AvgIpc) is 2.41. The molecule has 110 valence electrons. The lowest BCUT2D eigenvalue weighted by atomic mass is 10.1. The molecule has 4 nitrogen and oxygen atoms in total. The van der Waals surface area contributed by atoms with Gasteiger partial charge in [0.1, 0.15) is 5.82 Å². The van der Waals surface area contributed by atoms with Gasteiger partial charge in [-0.15, -0.1) is 0 Å². The highest BCUT2D eigenvalue weighted by Gasteiger charge is 2.05. The van der Waals surface area contributed by atoms with E-state index in [0.717, 1.165) is 12.8 Å². The second-order valence-corrected chi connectivity index (χ2v) is 4.63. The first-order chi connectivity index (χ1) is 9.59. The van der Waals surface area contributed by atoms with Crippen molar-refractivity contribution in [2.45, 2.75) is 32.6 Å². The summed E-state index contributed by atoms with van der Waals surface area (Å²) in [5.41, 5.74) is 0.563. The molecule has 0 aliphatic rings. The van der Waals surface area contributed by atoms with Crippen LogP contribution in [0.1, 0.15) is 31.7 Å². The minimum absolute atomic E-state index is 0.0427. The molecule has 1 aromatic carbocycles. The molecule has 0 saturated carbocycles. The molecule has 0 saturated heterocycles. The van der Waals surface area contributed by atoms with Gasteiger partial charge < -0.3 is 10.6 Å². The van der Waals surface area contributed by atoms with E-state index in [1.54, 1.807) is 18.2 Å². The van der Waals surface area contributed by atoms with Crippen LogP contribution in [0.5, 0.6) is 0 Å². The third kappa shape index (κ3) is 6.87. The molecular formula is C15H21FN2O2. The van der Waals surface area contributed by atoms with Crippen LogP contribution in [0.4, 0.5) is 4.39 Å². The third-order valence-corrected chi connectivity index (χ3v) is 2.88. The number of hydrogen-bond acceptors (Lipinski definition) is 2. The summed E-state index contributed by atoms with van der Waals surface area (Å²) in [5, 5.41) is 5.48. The monoisotopic (exact) mass is 280 g/mol. The third-order valence-electron chi connectivity index (χ3n) is 2.88. The van der Waals surface area contributed by atoms with Gasteiger partial charge in [0.15, 0.2) is 0 Å². The zero-order valence-corrected chi connectivity index (χ0v) is 11.7. The molecule has 20 heavy (non-hydrogen) atoms. The molecule has 0 radical (unpaired) electrons. The van der Waals surface area contributed by atoms with E-state index in [0.29, 0.717) is 25.1 Å². The maximum absolute atomic E-state index is 13.3.